The molecule has 0 radical (unpaired) electrons. The van der Waals surface area contributed by atoms with Crippen molar-refractivity contribution >= 4 is 29.5 Å². The van der Waals surface area contributed by atoms with Crippen molar-refractivity contribution < 1.29 is 148 Å². The molecular formula is C79H153N3O31. The number of nitrogens with one attached hydrogen (secondary N) is 2. The molecule has 0 heterocycles. The number of rotatable bonds is 101. The first-order valence-electron chi connectivity index (χ1n) is 41.8. The normalized spacial score (nSPS) is 12.2. The van der Waals surface area contributed by atoms with Crippen LogP contribution in [0.1, 0.15) is 148 Å². The number of unbranched alkanes of at least 4 members (excludes halogenated alkanes) is 13. The molecule has 0 aliphatic carbocycles. The predicted octanol–water partition coefficient (Wildman–Crippen LogP) is 5.65. The second kappa shape index (κ2) is 95.7. The zero-order valence-corrected chi connectivity index (χ0v) is 69.2. The van der Waals surface area contributed by atoms with Crippen LogP contribution in [0.15, 0.2) is 0 Å². The SMILES string of the molecule is CCCCCCCCCCCCCCCC(=O)N[C@@H](CCC(=O)CCCOCCOCCOCCOCCOCCOCCOCCOCCOCCOCCOCCOCCOCCOCCOCCOCCOCCOCCOCCOCCOCCOCCOCCOCCC(=O)NCCCC[C@@H](N)C(=O)O)C(=O)O. The number of hydrogen-bond acceptors (Lipinski definition) is 30. The van der Waals surface area contributed by atoms with Crippen molar-refractivity contribution in [2.45, 2.75) is 160 Å². The smallest absolute Gasteiger partial charge is 0.326 e. The molecule has 34 nitrogen and oxygen atoms in total. The number of aliphatic carboxylic acids is 2. The van der Waals surface area contributed by atoms with Crippen LogP contribution in [0.3, 0.4) is 0 Å². The van der Waals surface area contributed by atoms with Crippen LogP contribution in [-0.4, -0.2) is 376 Å². The van der Waals surface area contributed by atoms with Gasteiger partial charge in [-0.2, -0.15) is 0 Å². The lowest BCUT2D eigenvalue weighted by molar-refractivity contribution is -0.142. The van der Waals surface area contributed by atoms with Gasteiger partial charge in [-0.1, -0.05) is 84.0 Å². The summed E-state index contributed by atoms with van der Waals surface area (Å²) < 4.78 is 133. The van der Waals surface area contributed by atoms with Gasteiger partial charge in [0.05, 0.1) is 311 Å². The summed E-state index contributed by atoms with van der Waals surface area (Å²) in [6.45, 7) is 24.2. The van der Waals surface area contributed by atoms with Gasteiger partial charge in [0.1, 0.15) is 17.9 Å². The van der Waals surface area contributed by atoms with Crippen molar-refractivity contribution in [3.8, 4) is 0 Å². The summed E-state index contributed by atoms with van der Waals surface area (Å²) in [6, 6.07) is -1.92. The average molecular weight is 1640 g/mol. The molecular weight excluding hydrogens is 1490 g/mol. The minimum Gasteiger partial charge on any atom is -0.480 e. The van der Waals surface area contributed by atoms with Crippen molar-refractivity contribution in [1.82, 2.24) is 10.6 Å². The zero-order valence-electron chi connectivity index (χ0n) is 69.2. The molecule has 0 saturated carbocycles. The van der Waals surface area contributed by atoms with Gasteiger partial charge >= 0.3 is 11.9 Å². The number of ether oxygens (including phenoxy) is 24. The van der Waals surface area contributed by atoms with Gasteiger partial charge in [-0.25, -0.2) is 4.79 Å². The van der Waals surface area contributed by atoms with Crippen molar-refractivity contribution in [3.05, 3.63) is 0 Å². The maximum atomic E-state index is 12.4. The molecule has 113 heavy (non-hydrogen) atoms. The quantitative estimate of drug-likeness (QED) is 0.0459. The molecule has 0 spiro atoms. The lowest BCUT2D eigenvalue weighted by Gasteiger charge is -2.14. The number of hydrogen-bond donors (Lipinski definition) is 5. The molecule has 6 N–H and O–H groups in total. The summed E-state index contributed by atoms with van der Waals surface area (Å²) in [5, 5.41) is 23.7. The molecule has 2 amide bonds. The molecule has 0 aliphatic heterocycles. The lowest BCUT2D eigenvalue weighted by atomic mass is 10.0. The van der Waals surface area contributed by atoms with Gasteiger partial charge in [0.2, 0.25) is 11.8 Å². The minimum atomic E-state index is -1.12. The molecule has 0 aromatic rings. The van der Waals surface area contributed by atoms with Gasteiger partial charge < -0.3 is 140 Å². The molecule has 0 aliphatic rings. The van der Waals surface area contributed by atoms with E-state index in [1.807, 2.05) is 0 Å². The van der Waals surface area contributed by atoms with Gasteiger partial charge in [0.25, 0.3) is 0 Å². The molecule has 0 aromatic heterocycles. The first-order chi connectivity index (χ1) is 55.7. The number of carbonyl (C=O) groups excluding carboxylic acids is 3. The highest BCUT2D eigenvalue weighted by atomic mass is 16.6. The number of carboxylic acid groups (broad SMARTS) is 2. The van der Waals surface area contributed by atoms with E-state index in [0.717, 1.165) is 19.3 Å². The summed E-state index contributed by atoms with van der Waals surface area (Å²) in [5.74, 6) is -2.57. The first kappa shape index (κ1) is 110. The fraction of sp³-hybridized carbons (Fsp3) is 0.937. The van der Waals surface area contributed by atoms with E-state index < -0.39 is 24.0 Å². The number of ketones is 1. The van der Waals surface area contributed by atoms with Crippen LogP contribution in [0.4, 0.5) is 0 Å². The third-order valence-corrected chi connectivity index (χ3v) is 16.2. The molecule has 0 fully saturated rings. The van der Waals surface area contributed by atoms with Crippen LogP contribution in [-0.2, 0) is 138 Å². The van der Waals surface area contributed by atoms with E-state index in [-0.39, 0.29) is 43.3 Å². The highest BCUT2D eigenvalue weighted by Gasteiger charge is 2.21. The Hall–Kier alpha value is -3.45. The molecule has 670 valence electrons. The highest BCUT2D eigenvalue weighted by Crippen LogP contribution is 2.14. The van der Waals surface area contributed by atoms with Crippen molar-refractivity contribution in [2.75, 3.05) is 324 Å². The minimum absolute atomic E-state index is 0.0489. The van der Waals surface area contributed by atoms with Gasteiger partial charge in [0, 0.05) is 38.8 Å². The van der Waals surface area contributed by atoms with E-state index in [1.54, 1.807) is 0 Å². The fourth-order valence-electron chi connectivity index (χ4n) is 9.88. The van der Waals surface area contributed by atoms with Crippen molar-refractivity contribution in [3.63, 3.8) is 0 Å². The van der Waals surface area contributed by atoms with Gasteiger partial charge in [0.15, 0.2) is 0 Å². The van der Waals surface area contributed by atoms with Crippen LogP contribution in [0, 0.1) is 0 Å². The summed E-state index contributed by atoms with van der Waals surface area (Å²) in [7, 11) is 0. The summed E-state index contributed by atoms with van der Waals surface area (Å²) in [5.41, 5.74) is 5.45. The summed E-state index contributed by atoms with van der Waals surface area (Å²) in [6.07, 6.45) is 19.0. The molecule has 34 heteroatoms. The van der Waals surface area contributed by atoms with E-state index in [2.05, 4.69) is 17.6 Å². The molecule has 0 unspecified atom stereocenters. The Bertz CT molecular complexity index is 1970. The van der Waals surface area contributed by atoms with Gasteiger partial charge in [-0.05, 0) is 38.5 Å². The van der Waals surface area contributed by atoms with E-state index in [9.17, 15) is 29.1 Å². The Morgan fingerprint density at radius 3 is 0.726 bits per heavy atom. The second-order valence-electron chi connectivity index (χ2n) is 25.9. The fourth-order valence-corrected chi connectivity index (χ4v) is 9.88. The van der Waals surface area contributed by atoms with E-state index >= 15 is 0 Å². The second-order valence-corrected chi connectivity index (χ2v) is 25.9. The number of carbonyl (C=O) groups is 5. The molecule has 0 bridgehead atoms. The average Bonchev–Trinajstić information content (AvgIpc) is 0.932. The molecule has 0 rings (SSSR count). The van der Waals surface area contributed by atoms with Crippen LogP contribution in [0.2, 0.25) is 0 Å². The number of nitrogens with two attached hydrogens (primary N) is 1. The van der Waals surface area contributed by atoms with Crippen LogP contribution >= 0.6 is 0 Å². The van der Waals surface area contributed by atoms with Crippen molar-refractivity contribution in [1.29, 1.82) is 0 Å². The molecule has 2 atom stereocenters. The van der Waals surface area contributed by atoms with Crippen LogP contribution < -0.4 is 16.4 Å². The summed E-state index contributed by atoms with van der Waals surface area (Å²) in [4.78, 5) is 59.0. The summed E-state index contributed by atoms with van der Waals surface area (Å²) >= 11 is 0. The maximum Gasteiger partial charge on any atom is 0.326 e. The van der Waals surface area contributed by atoms with Gasteiger partial charge in [-0.15, -0.1) is 0 Å². The molecule has 0 saturated heterocycles. The van der Waals surface area contributed by atoms with Crippen molar-refractivity contribution in [2.24, 2.45) is 5.73 Å². The predicted molar refractivity (Wildman–Crippen MR) is 420 cm³/mol. The van der Waals surface area contributed by atoms with Gasteiger partial charge in [-0.3, -0.25) is 19.2 Å². The Balaban J connectivity index is 3.22. The molecule has 0 aromatic carbocycles. The number of Topliss-reactive ketones (excluding diaryl/α,β-unsaturated/α-hetero) is 1. The highest BCUT2D eigenvalue weighted by molar-refractivity contribution is 5.84. The number of amides is 2. The van der Waals surface area contributed by atoms with Crippen LogP contribution in [0.5, 0.6) is 0 Å². The van der Waals surface area contributed by atoms with Crippen LogP contribution in [0.25, 0.3) is 0 Å². The Morgan fingerprint density at radius 2 is 0.478 bits per heavy atom. The Labute approximate surface area is 675 Å². The maximum absolute atomic E-state index is 12.4. The number of carboxylic acids is 2. The first-order valence-corrected chi connectivity index (χ1v) is 41.8. The third-order valence-electron chi connectivity index (χ3n) is 16.2. The standard InChI is InChI=1S/C79H153N3O31/c1-2-3-4-5-6-7-8-9-10-11-12-13-14-20-77(85)82-75(79(88)89)22-21-73(83)18-17-25-90-27-29-92-31-33-94-35-37-96-39-41-98-43-45-100-47-49-102-51-53-104-55-57-106-59-61-108-63-65-110-67-69-112-71-72-113-70-68-111-66-64-109-62-60-107-58-56-105-54-52-103-50-48-101-46-44-99-42-40-97-38-36-95-34-32-93-30-28-91-26-23-76(84)81-24-16-15-19-74(80)78(86)87/h74-75H,2-72,80H2,1H3,(H,81,84)(H,82,85)(H,86,87)(H,88,89)/t74-,75+/m1/s1. The largest absolute Gasteiger partial charge is 0.480 e. The lowest BCUT2D eigenvalue weighted by Crippen LogP contribution is -2.41. The third kappa shape index (κ3) is 93.9. The van der Waals surface area contributed by atoms with E-state index in [0.29, 0.717) is 356 Å². The monoisotopic (exact) mass is 1640 g/mol. The topological polar surface area (TPSA) is 397 Å². The zero-order chi connectivity index (χ0) is 81.6. The van der Waals surface area contributed by atoms with E-state index in [1.165, 1.54) is 64.2 Å². The Kier molecular flexibility index (Phi) is 92.8. The van der Waals surface area contributed by atoms with E-state index in [4.69, 9.17) is 125 Å². The Morgan fingerprint density at radius 1 is 0.239 bits per heavy atom.